The summed E-state index contributed by atoms with van der Waals surface area (Å²) in [5.74, 6) is 0. The van der Waals surface area contributed by atoms with E-state index in [1.165, 1.54) is 19.5 Å². The van der Waals surface area contributed by atoms with E-state index in [2.05, 4.69) is 36.6 Å². The van der Waals surface area contributed by atoms with Gasteiger partial charge >= 0.3 is 0 Å². The Balaban J connectivity index is 2.71. The van der Waals surface area contributed by atoms with Crippen molar-refractivity contribution in [3.8, 4) is 6.07 Å². The number of likely N-dealkylation sites (tertiary alicyclic amines) is 1. The van der Waals surface area contributed by atoms with Gasteiger partial charge in [0.05, 0.1) is 6.07 Å². The number of hydrogen-bond donors (Lipinski definition) is 0. The summed E-state index contributed by atoms with van der Waals surface area (Å²) >= 11 is 0. The van der Waals surface area contributed by atoms with Crippen LogP contribution in [0.5, 0.6) is 0 Å². The fourth-order valence-corrected chi connectivity index (χ4v) is 3.04. The average molecular weight is 237 g/mol. The van der Waals surface area contributed by atoms with Gasteiger partial charge < -0.3 is 4.90 Å². The zero-order valence-electron chi connectivity index (χ0n) is 11.7. The molecule has 1 rings (SSSR count). The summed E-state index contributed by atoms with van der Waals surface area (Å²) in [6, 6.07) is 2.62. The van der Waals surface area contributed by atoms with Gasteiger partial charge in [-0.2, -0.15) is 5.26 Å². The van der Waals surface area contributed by atoms with Crippen molar-refractivity contribution in [3.05, 3.63) is 0 Å². The van der Waals surface area contributed by atoms with E-state index in [-0.39, 0.29) is 5.54 Å². The first kappa shape index (κ1) is 14.5. The van der Waals surface area contributed by atoms with E-state index in [1.807, 2.05) is 0 Å². The fraction of sp³-hybridized carbons (Fsp3) is 0.929. The highest BCUT2D eigenvalue weighted by Gasteiger charge is 2.36. The van der Waals surface area contributed by atoms with Gasteiger partial charge in [-0.3, -0.25) is 4.90 Å². The molecule has 0 bridgehead atoms. The molecule has 1 unspecified atom stereocenters. The summed E-state index contributed by atoms with van der Waals surface area (Å²) in [5, 5.41) is 9.61. The highest BCUT2D eigenvalue weighted by Crippen LogP contribution is 2.28. The summed E-state index contributed by atoms with van der Waals surface area (Å²) in [7, 11) is 0. The normalized spacial score (nSPS) is 26.8. The van der Waals surface area contributed by atoms with Gasteiger partial charge in [-0.25, -0.2) is 0 Å². The summed E-state index contributed by atoms with van der Waals surface area (Å²) in [5.41, 5.74) is -0.202. The molecule has 3 heteroatoms. The summed E-state index contributed by atoms with van der Waals surface area (Å²) in [6.07, 6.45) is 4.41. The van der Waals surface area contributed by atoms with Gasteiger partial charge in [-0.05, 0) is 51.9 Å². The van der Waals surface area contributed by atoms with Crippen LogP contribution >= 0.6 is 0 Å². The molecule has 0 aliphatic carbocycles. The van der Waals surface area contributed by atoms with E-state index in [9.17, 15) is 5.26 Å². The Hall–Kier alpha value is -0.590. The molecule has 1 heterocycles. The maximum absolute atomic E-state index is 9.61. The zero-order valence-corrected chi connectivity index (χ0v) is 11.7. The molecule has 0 aromatic rings. The lowest BCUT2D eigenvalue weighted by Gasteiger charge is -2.37. The predicted octanol–water partition coefficient (Wildman–Crippen LogP) is 2.49. The number of nitriles is 1. The lowest BCUT2D eigenvalue weighted by molar-refractivity contribution is 0.133. The second-order valence-electron chi connectivity index (χ2n) is 5.01. The van der Waals surface area contributed by atoms with Crippen molar-refractivity contribution in [1.29, 1.82) is 5.26 Å². The molecule has 1 atom stereocenters. The molecule has 0 amide bonds. The topological polar surface area (TPSA) is 30.3 Å². The minimum Gasteiger partial charge on any atom is -0.303 e. The molecule has 98 valence electrons. The Bertz CT molecular complexity index is 255. The number of rotatable bonds is 5. The molecule has 0 aromatic carbocycles. The summed E-state index contributed by atoms with van der Waals surface area (Å²) < 4.78 is 0. The number of hydrogen-bond acceptors (Lipinski definition) is 3. The van der Waals surface area contributed by atoms with Crippen LogP contribution < -0.4 is 0 Å². The van der Waals surface area contributed by atoms with E-state index in [0.29, 0.717) is 0 Å². The largest absolute Gasteiger partial charge is 0.303 e. The Morgan fingerprint density at radius 2 is 1.88 bits per heavy atom. The third-order valence-corrected chi connectivity index (χ3v) is 4.02. The zero-order chi connectivity index (χ0) is 12.7. The van der Waals surface area contributed by atoms with E-state index in [1.54, 1.807) is 0 Å². The predicted molar refractivity (Wildman–Crippen MR) is 71.8 cm³/mol. The van der Waals surface area contributed by atoms with Gasteiger partial charge in [-0.15, -0.1) is 0 Å². The van der Waals surface area contributed by atoms with Crippen LogP contribution in [0.2, 0.25) is 0 Å². The second kappa shape index (κ2) is 6.98. The van der Waals surface area contributed by atoms with E-state index in [0.717, 1.165) is 38.9 Å². The van der Waals surface area contributed by atoms with Crippen LogP contribution in [0.3, 0.4) is 0 Å². The van der Waals surface area contributed by atoms with Gasteiger partial charge in [0.15, 0.2) is 0 Å². The fourth-order valence-electron chi connectivity index (χ4n) is 3.04. The van der Waals surface area contributed by atoms with Crippen LogP contribution in [0.1, 0.15) is 46.5 Å². The average Bonchev–Trinajstić information content (AvgIpc) is 2.55. The van der Waals surface area contributed by atoms with Crippen molar-refractivity contribution in [2.45, 2.75) is 52.0 Å². The summed E-state index contributed by atoms with van der Waals surface area (Å²) in [4.78, 5) is 4.87. The molecule has 0 radical (unpaired) electrons. The van der Waals surface area contributed by atoms with Crippen molar-refractivity contribution in [1.82, 2.24) is 9.80 Å². The van der Waals surface area contributed by atoms with Crippen LogP contribution in [0.15, 0.2) is 0 Å². The molecule has 17 heavy (non-hydrogen) atoms. The maximum Gasteiger partial charge on any atom is 0.110 e. The SMILES string of the molecule is CCCN1CCCC(C#N)(N(CC)CC)CC1. The molecule has 0 aromatic heterocycles. The summed E-state index contributed by atoms with van der Waals surface area (Å²) in [6.45, 7) is 12.0. The Kier molecular flexibility index (Phi) is 5.94. The minimum atomic E-state index is -0.202. The van der Waals surface area contributed by atoms with Crippen molar-refractivity contribution in [2.75, 3.05) is 32.7 Å². The van der Waals surface area contributed by atoms with E-state index >= 15 is 0 Å². The van der Waals surface area contributed by atoms with Crippen molar-refractivity contribution in [2.24, 2.45) is 0 Å². The Morgan fingerprint density at radius 3 is 2.41 bits per heavy atom. The van der Waals surface area contributed by atoms with Gasteiger partial charge in [0, 0.05) is 6.54 Å². The molecule has 0 spiro atoms. The van der Waals surface area contributed by atoms with Crippen LogP contribution in [-0.4, -0.2) is 48.1 Å². The standard InChI is InChI=1S/C14H27N3/c1-4-10-16-11-7-8-14(13-15,9-12-16)17(5-2)6-3/h4-12H2,1-3H3. The van der Waals surface area contributed by atoms with Gasteiger partial charge in [-0.1, -0.05) is 20.8 Å². The first-order chi connectivity index (χ1) is 8.22. The molecule has 1 fully saturated rings. The van der Waals surface area contributed by atoms with Crippen molar-refractivity contribution >= 4 is 0 Å². The lowest BCUT2D eigenvalue weighted by Crippen LogP contribution is -2.48. The molecule has 1 aliphatic rings. The third-order valence-electron chi connectivity index (χ3n) is 4.02. The van der Waals surface area contributed by atoms with E-state index < -0.39 is 0 Å². The van der Waals surface area contributed by atoms with Crippen LogP contribution in [0.4, 0.5) is 0 Å². The molecule has 1 saturated heterocycles. The molecular formula is C14H27N3. The molecular weight excluding hydrogens is 210 g/mol. The minimum absolute atomic E-state index is 0.202. The van der Waals surface area contributed by atoms with Crippen LogP contribution in [0.25, 0.3) is 0 Å². The quantitative estimate of drug-likeness (QED) is 0.736. The molecule has 0 saturated carbocycles. The maximum atomic E-state index is 9.61. The van der Waals surface area contributed by atoms with Gasteiger partial charge in [0.25, 0.3) is 0 Å². The van der Waals surface area contributed by atoms with Crippen molar-refractivity contribution in [3.63, 3.8) is 0 Å². The highest BCUT2D eigenvalue weighted by atomic mass is 15.2. The first-order valence-electron chi connectivity index (χ1n) is 7.11. The molecule has 1 aliphatic heterocycles. The highest BCUT2D eigenvalue weighted by molar-refractivity contribution is 5.09. The van der Waals surface area contributed by atoms with Crippen molar-refractivity contribution < 1.29 is 0 Å². The van der Waals surface area contributed by atoms with E-state index in [4.69, 9.17) is 0 Å². The molecule has 0 N–H and O–H groups in total. The Labute approximate surface area is 106 Å². The smallest absolute Gasteiger partial charge is 0.110 e. The first-order valence-corrected chi connectivity index (χ1v) is 7.11. The van der Waals surface area contributed by atoms with Gasteiger partial charge in [0.2, 0.25) is 0 Å². The van der Waals surface area contributed by atoms with Crippen LogP contribution in [0, 0.1) is 11.3 Å². The Morgan fingerprint density at radius 1 is 1.18 bits per heavy atom. The lowest BCUT2D eigenvalue weighted by atomic mass is 9.90. The van der Waals surface area contributed by atoms with Crippen LogP contribution in [-0.2, 0) is 0 Å². The van der Waals surface area contributed by atoms with Gasteiger partial charge in [0.1, 0.15) is 5.54 Å². The molecule has 3 nitrogen and oxygen atoms in total. The monoisotopic (exact) mass is 237 g/mol. The second-order valence-corrected chi connectivity index (χ2v) is 5.01. The third kappa shape index (κ3) is 3.43. The number of nitrogens with zero attached hydrogens (tertiary/aromatic N) is 3.